The predicted octanol–water partition coefficient (Wildman–Crippen LogP) is 2.84. The summed E-state index contributed by atoms with van der Waals surface area (Å²) in [5, 5.41) is 0. The third kappa shape index (κ3) is 2.94. The van der Waals surface area contributed by atoms with Crippen LogP contribution in [0.1, 0.15) is 19.3 Å². The van der Waals surface area contributed by atoms with Crippen LogP contribution in [0, 0.1) is 0 Å². The highest BCUT2D eigenvalue weighted by atomic mass is 16.2. The second-order valence-corrected chi connectivity index (χ2v) is 4.08. The third-order valence-electron chi connectivity index (χ3n) is 2.73. The van der Waals surface area contributed by atoms with Crippen molar-refractivity contribution in [1.82, 2.24) is 0 Å². The summed E-state index contributed by atoms with van der Waals surface area (Å²) in [5.41, 5.74) is 0.613. The zero-order valence-corrected chi connectivity index (χ0v) is 10.1. The summed E-state index contributed by atoms with van der Waals surface area (Å²) in [6.07, 6.45) is 11.0. The summed E-state index contributed by atoms with van der Waals surface area (Å²) in [5.74, 6) is -0.563. The maximum Gasteiger partial charge on any atom is 0.258 e. The number of carbonyl (C=O) groups excluding carboxylic acids is 2. The maximum atomic E-state index is 11.2. The van der Waals surface area contributed by atoms with Crippen LogP contribution in [0.25, 0.3) is 0 Å². The summed E-state index contributed by atoms with van der Waals surface area (Å²) in [6.45, 7) is 0. The molecule has 1 aromatic carbocycles. The van der Waals surface area contributed by atoms with Crippen molar-refractivity contribution in [2.75, 3.05) is 4.90 Å². The lowest BCUT2D eigenvalue weighted by Gasteiger charge is -2.12. The molecule has 3 nitrogen and oxygen atoms in total. The van der Waals surface area contributed by atoms with E-state index in [1.54, 1.807) is 24.3 Å². The van der Waals surface area contributed by atoms with Gasteiger partial charge in [-0.15, -0.1) is 0 Å². The second-order valence-electron chi connectivity index (χ2n) is 4.08. The van der Waals surface area contributed by atoms with Crippen molar-refractivity contribution in [1.29, 1.82) is 0 Å². The van der Waals surface area contributed by atoms with E-state index in [1.165, 1.54) is 31.4 Å². The molecule has 2 aliphatic rings. The molecule has 1 aromatic rings. The van der Waals surface area contributed by atoms with Crippen LogP contribution >= 0.6 is 0 Å². The molecule has 0 saturated heterocycles. The number of amides is 2. The summed E-state index contributed by atoms with van der Waals surface area (Å²) in [6, 6.07) is 8.86. The summed E-state index contributed by atoms with van der Waals surface area (Å²) >= 11 is 0. The zero-order valence-electron chi connectivity index (χ0n) is 10.1. The Morgan fingerprint density at radius 1 is 0.833 bits per heavy atom. The fourth-order valence-corrected chi connectivity index (χ4v) is 1.82. The molecule has 0 atom stereocenters. The Morgan fingerprint density at radius 3 is 1.83 bits per heavy atom. The van der Waals surface area contributed by atoms with Crippen molar-refractivity contribution < 1.29 is 9.59 Å². The van der Waals surface area contributed by atoms with Crippen LogP contribution in [0.3, 0.4) is 0 Å². The number of allylic oxidation sites excluding steroid dienone is 2. The highest BCUT2D eigenvalue weighted by Crippen LogP contribution is 2.17. The van der Waals surface area contributed by atoms with Crippen molar-refractivity contribution in [3.05, 3.63) is 54.6 Å². The van der Waals surface area contributed by atoms with Crippen molar-refractivity contribution in [3.8, 4) is 0 Å². The molecular weight excluding hydrogens is 226 g/mol. The lowest BCUT2D eigenvalue weighted by Crippen LogP contribution is -2.29. The number of benzene rings is 1. The second kappa shape index (κ2) is 5.96. The molecule has 0 N–H and O–H groups in total. The predicted molar refractivity (Wildman–Crippen MR) is 71.1 cm³/mol. The van der Waals surface area contributed by atoms with Crippen molar-refractivity contribution in [3.63, 3.8) is 0 Å². The van der Waals surface area contributed by atoms with Crippen molar-refractivity contribution in [2.24, 2.45) is 0 Å². The Morgan fingerprint density at radius 2 is 1.39 bits per heavy atom. The van der Waals surface area contributed by atoms with E-state index in [0.29, 0.717) is 5.69 Å². The Kier molecular flexibility index (Phi) is 4.07. The Labute approximate surface area is 106 Å². The standard InChI is InChI=1S/C10H7NO2.C5H8/c12-9-6-7-10(13)11(9)8-4-2-1-3-5-8;1-2-4-5-3-1/h1-7H;1-2H,3-5H2. The molecular formula is C15H15NO2. The number of anilines is 1. The van der Waals surface area contributed by atoms with Gasteiger partial charge >= 0.3 is 0 Å². The quantitative estimate of drug-likeness (QED) is 0.560. The maximum absolute atomic E-state index is 11.2. The van der Waals surface area contributed by atoms with E-state index in [9.17, 15) is 9.59 Å². The average molecular weight is 241 g/mol. The van der Waals surface area contributed by atoms with Gasteiger partial charge in [-0.25, -0.2) is 4.90 Å². The normalized spacial score (nSPS) is 17.0. The molecule has 1 aliphatic carbocycles. The van der Waals surface area contributed by atoms with E-state index in [0.717, 1.165) is 4.90 Å². The highest BCUT2D eigenvalue weighted by molar-refractivity contribution is 6.28. The first kappa shape index (κ1) is 12.3. The van der Waals surface area contributed by atoms with E-state index in [1.807, 2.05) is 6.07 Å². The Hall–Kier alpha value is -2.16. The molecule has 0 spiro atoms. The van der Waals surface area contributed by atoms with Gasteiger partial charge in [0.2, 0.25) is 0 Å². The van der Waals surface area contributed by atoms with E-state index in [4.69, 9.17) is 0 Å². The molecule has 0 fully saturated rings. The van der Waals surface area contributed by atoms with Crippen molar-refractivity contribution in [2.45, 2.75) is 19.3 Å². The Balaban J connectivity index is 0.000000202. The van der Waals surface area contributed by atoms with Gasteiger partial charge in [-0.3, -0.25) is 9.59 Å². The molecule has 18 heavy (non-hydrogen) atoms. The first-order valence-corrected chi connectivity index (χ1v) is 6.05. The number of nitrogens with zero attached hydrogens (tertiary/aromatic N) is 1. The van der Waals surface area contributed by atoms with E-state index in [2.05, 4.69) is 12.2 Å². The minimum atomic E-state index is -0.281. The van der Waals surface area contributed by atoms with Gasteiger partial charge in [0.1, 0.15) is 0 Å². The molecule has 0 bridgehead atoms. The van der Waals surface area contributed by atoms with E-state index >= 15 is 0 Å². The largest absolute Gasteiger partial charge is 0.269 e. The fourth-order valence-electron chi connectivity index (χ4n) is 1.82. The topological polar surface area (TPSA) is 37.4 Å². The first-order valence-electron chi connectivity index (χ1n) is 6.05. The molecule has 0 aromatic heterocycles. The molecule has 3 heteroatoms. The number of rotatable bonds is 1. The molecule has 1 heterocycles. The lowest BCUT2D eigenvalue weighted by atomic mass is 10.3. The molecule has 0 radical (unpaired) electrons. The number of carbonyl (C=O) groups is 2. The lowest BCUT2D eigenvalue weighted by molar-refractivity contribution is -0.119. The van der Waals surface area contributed by atoms with Gasteiger partial charge in [0, 0.05) is 12.2 Å². The van der Waals surface area contributed by atoms with Crippen LogP contribution < -0.4 is 4.90 Å². The minimum absolute atomic E-state index is 0.281. The van der Waals surface area contributed by atoms with Crippen LogP contribution in [-0.4, -0.2) is 11.8 Å². The van der Waals surface area contributed by atoms with Gasteiger partial charge in [-0.2, -0.15) is 0 Å². The Bertz CT molecular complexity index is 464. The third-order valence-corrected chi connectivity index (χ3v) is 2.73. The van der Waals surface area contributed by atoms with Gasteiger partial charge in [0.15, 0.2) is 0 Å². The molecule has 92 valence electrons. The van der Waals surface area contributed by atoms with Crippen LogP contribution in [-0.2, 0) is 9.59 Å². The molecule has 1 aliphatic heterocycles. The minimum Gasteiger partial charge on any atom is -0.269 e. The van der Waals surface area contributed by atoms with Crippen LogP contribution in [0.5, 0.6) is 0 Å². The molecule has 0 saturated carbocycles. The highest BCUT2D eigenvalue weighted by Gasteiger charge is 2.24. The zero-order chi connectivity index (χ0) is 12.8. The smallest absolute Gasteiger partial charge is 0.258 e. The van der Waals surface area contributed by atoms with Gasteiger partial charge in [-0.1, -0.05) is 30.4 Å². The molecule has 0 unspecified atom stereocenters. The monoisotopic (exact) mass is 241 g/mol. The number of para-hydroxylation sites is 1. The number of imide groups is 1. The van der Waals surface area contributed by atoms with Gasteiger partial charge in [-0.05, 0) is 31.4 Å². The van der Waals surface area contributed by atoms with Crippen LogP contribution in [0.4, 0.5) is 5.69 Å². The van der Waals surface area contributed by atoms with E-state index < -0.39 is 0 Å². The summed E-state index contributed by atoms with van der Waals surface area (Å²) in [4.78, 5) is 23.5. The molecule has 2 amide bonds. The summed E-state index contributed by atoms with van der Waals surface area (Å²) in [7, 11) is 0. The van der Waals surface area contributed by atoms with Gasteiger partial charge < -0.3 is 0 Å². The van der Waals surface area contributed by atoms with Crippen molar-refractivity contribution >= 4 is 17.5 Å². The van der Waals surface area contributed by atoms with E-state index in [-0.39, 0.29) is 11.8 Å². The number of hydrogen-bond donors (Lipinski definition) is 0. The molecule has 3 rings (SSSR count). The average Bonchev–Trinajstić information content (AvgIpc) is 3.05. The number of hydrogen-bond acceptors (Lipinski definition) is 2. The summed E-state index contributed by atoms with van der Waals surface area (Å²) < 4.78 is 0. The van der Waals surface area contributed by atoms with Gasteiger partial charge in [0.05, 0.1) is 5.69 Å². The first-order chi connectivity index (χ1) is 8.79. The fraction of sp³-hybridized carbons (Fsp3) is 0.200. The van der Waals surface area contributed by atoms with Crippen LogP contribution in [0.15, 0.2) is 54.6 Å². The SMILES string of the molecule is C1=CCCC1.O=C1C=CC(=O)N1c1ccccc1. The van der Waals surface area contributed by atoms with Crippen LogP contribution in [0.2, 0.25) is 0 Å². The van der Waals surface area contributed by atoms with Gasteiger partial charge in [0.25, 0.3) is 11.8 Å².